The minimum atomic E-state index is -0.288. The van der Waals surface area contributed by atoms with E-state index in [1.165, 1.54) is 14.2 Å². The van der Waals surface area contributed by atoms with Crippen molar-refractivity contribution in [3.63, 3.8) is 0 Å². The van der Waals surface area contributed by atoms with Gasteiger partial charge in [-0.1, -0.05) is 23.2 Å². The number of nitrogens with zero attached hydrogens (tertiary/aromatic N) is 4. The Bertz CT molecular complexity index is 1400. The van der Waals surface area contributed by atoms with Gasteiger partial charge in [0.2, 0.25) is 0 Å². The van der Waals surface area contributed by atoms with Crippen molar-refractivity contribution < 1.29 is 14.3 Å². The van der Waals surface area contributed by atoms with Crippen molar-refractivity contribution in [1.29, 1.82) is 0 Å². The van der Waals surface area contributed by atoms with Crippen molar-refractivity contribution in [3.8, 4) is 22.8 Å². The van der Waals surface area contributed by atoms with E-state index in [2.05, 4.69) is 39.4 Å². The van der Waals surface area contributed by atoms with E-state index < -0.39 is 0 Å². The number of fused-ring (bicyclic) bond motifs is 1. The number of amidine groups is 1. The van der Waals surface area contributed by atoms with Gasteiger partial charge in [-0.3, -0.25) is 9.79 Å². The van der Waals surface area contributed by atoms with Gasteiger partial charge in [-0.25, -0.2) is 9.97 Å². The molecule has 198 valence electrons. The molecule has 5 rings (SSSR count). The van der Waals surface area contributed by atoms with Gasteiger partial charge in [0.15, 0.2) is 0 Å². The molecule has 0 atom stereocenters. The van der Waals surface area contributed by atoms with Crippen molar-refractivity contribution in [2.75, 3.05) is 38.8 Å². The SMILES string of the molecule is COc1cc(OC)c(Cl)c(-c2ccc3c(n2)CN=C3NC(=O)c2ccc(N3CCNC(C)(C)C3)nc2)c1Cl. The minimum absolute atomic E-state index is 0.00714. The van der Waals surface area contributed by atoms with Gasteiger partial charge >= 0.3 is 0 Å². The van der Waals surface area contributed by atoms with Crippen molar-refractivity contribution in [2.45, 2.75) is 25.9 Å². The number of anilines is 1. The first kappa shape index (κ1) is 26.2. The number of methoxy groups -OCH3 is 2. The molecular weight excluding hydrogens is 527 g/mol. The highest BCUT2D eigenvalue weighted by Gasteiger charge is 2.27. The first-order chi connectivity index (χ1) is 18.2. The van der Waals surface area contributed by atoms with Gasteiger partial charge in [0.25, 0.3) is 5.91 Å². The highest BCUT2D eigenvalue weighted by molar-refractivity contribution is 6.41. The van der Waals surface area contributed by atoms with E-state index in [1.54, 1.807) is 24.4 Å². The van der Waals surface area contributed by atoms with E-state index in [0.29, 0.717) is 56.4 Å². The molecule has 38 heavy (non-hydrogen) atoms. The molecule has 0 radical (unpaired) electrons. The predicted molar refractivity (Wildman–Crippen MR) is 149 cm³/mol. The summed E-state index contributed by atoms with van der Waals surface area (Å²) in [6, 6.07) is 8.91. The van der Waals surface area contributed by atoms with Crippen molar-refractivity contribution in [2.24, 2.45) is 4.99 Å². The topological polar surface area (TPSA) is 101 Å². The average molecular weight is 555 g/mol. The van der Waals surface area contributed by atoms with Crippen LogP contribution in [-0.2, 0) is 6.54 Å². The summed E-state index contributed by atoms with van der Waals surface area (Å²) < 4.78 is 10.7. The molecule has 9 nitrogen and oxygen atoms in total. The van der Waals surface area contributed by atoms with Crippen LogP contribution in [0.2, 0.25) is 10.0 Å². The molecule has 1 aromatic carbocycles. The lowest BCUT2D eigenvalue weighted by Crippen LogP contribution is -2.57. The Balaban J connectivity index is 1.33. The highest BCUT2D eigenvalue weighted by atomic mass is 35.5. The molecule has 0 unspecified atom stereocenters. The molecule has 2 aliphatic rings. The van der Waals surface area contributed by atoms with Crippen LogP contribution in [0.3, 0.4) is 0 Å². The number of carbonyl (C=O) groups is 1. The average Bonchev–Trinajstić information content (AvgIpc) is 3.30. The summed E-state index contributed by atoms with van der Waals surface area (Å²) in [5.41, 5.74) is 2.94. The Labute approximate surface area is 231 Å². The van der Waals surface area contributed by atoms with E-state index in [0.717, 1.165) is 31.0 Å². The minimum Gasteiger partial charge on any atom is -0.495 e. The summed E-state index contributed by atoms with van der Waals surface area (Å²) in [6.07, 6.45) is 1.59. The molecule has 2 aliphatic heterocycles. The Hall–Kier alpha value is -3.40. The van der Waals surface area contributed by atoms with Gasteiger partial charge in [0, 0.05) is 48.6 Å². The molecule has 0 saturated carbocycles. The van der Waals surface area contributed by atoms with Crippen molar-refractivity contribution in [1.82, 2.24) is 20.6 Å². The third-order valence-corrected chi connectivity index (χ3v) is 7.33. The maximum absolute atomic E-state index is 13.0. The second-order valence-electron chi connectivity index (χ2n) is 9.73. The lowest BCUT2D eigenvalue weighted by Gasteiger charge is -2.39. The Morgan fingerprint density at radius 2 is 1.84 bits per heavy atom. The van der Waals surface area contributed by atoms with Crippen LogP contribution in [0.4, 0.5) is 5.82 Å². The molecule has 4 heterocycles. The van der Waals surface area contributed by atoms with Crippen LogP contribution in [-0.4, -0.2) is 61.1 Å². The maximum atomic E-state index is 13.0. The van der Waals surface area contributed by atoms with E-state index in [9.17, 15) is 4.79 Å². The number of hydrogen-bond donors (Lipinski definition) is 2. The number of carbonyl (C=O) groups excluding carboxylic acids is 1. The van der Waals surface area contributed by atoms with Crippen LogP contribution < -0.4 is 25.0 Å². The second-order valence-corrected chi connectivity index (χ2v) is 10.5. The molecule has 2 aromatic heterocycles. The molecule has 0 spiro atoms. The number of nitrogens with one attached hydrogen (secondary N) is 2. The van der Waals surface area contributed by atoms with Crippen LogP contribution in [0.15, 0.2) is 41.5 Å². The highest BCUT2D eigenvalue weighted by Crippen LogP contribution is 2.45. The van der Waals surface area contributed by atoms with Gasteiger partial charge < -0.3 is 25.0 Å². The number of aromatic nitrogens is 2. The standard InChI is InChI=1S/C27H28Cl2N6O3/c1-27(2)14-35(10-9-32-27)21-8-5-15(12-30-21)26(36)34-25-16-6-7-17(33-18(16)13-31-25)22-23(28)19(37-3)11-20(38-4)24(22)29/h5-8,11-12,32H,9-10,13-14H2,1-4H3,(H,31,34,36). The first-order valence-corrected chi connectivity index (χ1v) is 12.9. The molecule has 1 amide bonds. The largest absolute Gasteiger partial charge is 0.495 e. The molecule has 2 N–H and O–H groups in total. The third-order valence-electron chi connectivity index (χ3n) is 6.58. The summed E-state index contributed by atoms with van der Waals surface area (Å²) in [7, 11) is 3.04. The fourth-order valence-electron chi connectivity index (χ4n) is 4.66. The van der Waals surface area contributed by atoms with E-state index in [1.807, 2.05) is 12.1 Å². The van der Waals surface area contributed by atoms with Gasteiger partial charge in [-0.05, 0) is 38.1 Å². The number of rotatable bonds is 5. The smallest absolute Gasteiger partial charge is 0.258 e. The predicted octanol–water partition coefficient (Wildman–Crippen LogP) is 4.35. The Morgan fingerprint density at radius 1 is 1.11 bits per heavy atom. The van der Waals surface area contributed by atoms with Gasteiger partial charge in [-0.15, -0.1) is 0 Å². The fraction of sp³-hybridized carbons (Fsp3) is 0.333. The molecular formula is C27H28Cl2N6O3. The zero-order valence-electron chi connectivity index (χ0n) is 21.6. The number of piperazine rings is 1. The van der Waals surface area contributed by atoms with E-state index in [4.69, 9.17) is 37.7 Å². The molecule has 3 aromatic rings. The van der Waals surface area contributed by atoms with Crippen LogP contribution in [0.25, 0.3) is 11.3 Å². The normalized spacial score (nSPS) is 16.1. The molecule has 11 heteroatoms. The molecule has 1 fully saturated rings. The summed E-state index contributed by atoms with van der Waals surface area (Å²) in [6.45, 7) is 7.22. The number of amides is 1. The zero-order valence-corrected chi connectivity index (χ0v) is 23.1. The molecule has 0 aliphatic carbocycles. The van der Waals surface area contributed by atoms with E-state index >= 15 is 0 Å². The number of benzene rings is 1. The first-order valence-electron chi connectivity index (χ1n) is 12.1. The fourth-order valence-corrected chi connectivity index (χ4v) is 5.35. The monoisotopic (exact) mass is 554 g/mol. The van der Waals surface area contributed by atoms with Crippen LogP contribution in [0.1, 0.15) is 35.5 Å². The maximum Gasteiger partial charge on any atom is 0.258 e. The number of halogens is 2. The summed E-state index contributed by atoms with van der Waals surface area (Å²) in [5, 5.41) is 7.05. The lowest BCUT2D eigenvalue weighted by molar-refractivity contribution is 0.0977. The molecule has 1 saturated heterocycles. The van der Waals surface area contributed by atoms with Crippen LogP contribution in [0, 0.1) is 0 Å². The zero-order chi connectivity index (χ0) is 27.0. The second kappa shape index (κ2) is 10.4. The summed E-state index contributed by atoms with van der Waals surface area (Å²) >= 11 is 13.1. The number of aliphatic imine (C=N–C) groups is 1. The number of hydrogen-bond acceptors (Lipinski definition) is 8. The van der Waals surface area contributed by atoms with Crippen LogP contribution in [0.5, 0.6) is 11.5 Å². The Kier molecular flexibility index (Phi) is 7.17. The van der Waals surface area contributed by atoms with Gasteiger partial charge in [0.1, 0.15) is 23.2 Å². The number of ether oxygens (including phenoxy) is 2. The summed E-state index contributed by atoms with van der Waals surface area (Å²) in [5.74, 6) is 1.87. The molecule has 0 bridgehead atoms. The van der Waals surface area contributed by atoms with E-state index in [-0.39, 0.29) is 11.4 Å². The third kappa shape index (κ3) is 5.01. The lowest BCUT2D eigenvalue weighted by atomic mass is 10.0. The Morgan fingerprint density at radius 3 is 2.47 bits per heavy atom. The van der Waals surface area contributed by atoms with Crippen molar-refractivity contribution in [3.05, 3.63) is 63.4 Å². The van der Waals surface area contributed by atoms with Crippen LogP contribution >= 0.6 is 23.2 Å². The van der Waals surface area contributed by atoms with Crippen molar-refractivity contribution >= 4 is 40.8 Å². The van der Waals surface area contributed by atoms with Gasteiger partial charge in [0.05, 0.1) is 47.8 Å². The van der Waals surface area contributed by atoms with Gasteiger partial charge in [-0.2, -0.15) is 0 Å². The quantitative estimate of drug-likeness (QED) is 0.483. The number of pyridine rings is 2. The summed E-state index contributed by atoms with van der Waals surface area (Å²) in [4.78, 5) is 29.0.